The standard InChI is InChI=1S/C30H60NO8P/c1-6-8-10-12-14-16-18-20-22-29(32)36-26-28(27-38-40(34,35)37-25-24-31(3,4)5)39-30(33)23-21-19-17-15-13-11-9-7-2/h28H,6-27H2,1-5H3/p+1/t28-/m0/s1. The SMILES string of the molecule is CCCCCCCCCCC(=O)OC[C@@H](COP(=O)(O)OCC[N+](C)(C)C)OC(=O)CCCCCCCCCC. The topological polar surface area (TPSA) is 108 Å². The molecule has 10 heteroatoms. The molecule has 0 aromatic heterocycles. The van der Waals surface area contributed by atoms with Crippen LogP contribution in [-0.2, 0) is 32.7 Å². The highest BCUT2D eigenvalue weighted by atomic mass is 31.2. The van der Waals surface area contributed by atoms with E-state index < -0.39 is 26.5 Å². The summed E-state index contributed by atoms with van der Waals surface area (Å²) in [5, 5.41) is 0. The Morgan fingerprint density at radius 2 is 1.12 bits per heavy atom. The molecule has 40 heavy (non-hydrogen) atoms. The maximum atomic E-state index is 12.4. The maximum Gasteiger partial charge on any atom is 0.472 e. The fourth-order valence-electron chi connectivity index (χ4n) is 4.07. The quantitative estimate of drug-likeness (QED) is 0.0434. The van der Waals surface area contributed by atoms with E-state index in [9.17, 15) is 19.0 Å². The van der Waals surface area contributed by atoms with E-state index in [1.54, 1.807) is 0 Å². The number of rotatable bonds is 28. The molecule has 0 aliphatic carbocycles. The molecular formula is C30H61NO8P+. The number of phosphoric acid groups is 1. The Morgan fingerprint density at radius 3 is 1.60 bits per heavy atom. The second-order valence-electron chi connectivity index (χ2n) is 11.9. The van der Waals surface area contributed by atoms with Crippen molar-refractivity contribution in [2.75, 3.05) is 47.5 Å². The van der Waals surface area contributed by atoms with Crippen LogP contribution in [0.3, 0.4) is 0 Å². The van der Waals surface area contributed by atoms with Crippen LogP contribution < -0.4 is 0 Å². The van der Waals surface area contributed by atoms with Crippen molar-refractivity contribution in [2.24, 2.45) is 0 Å². The average Bonchev–Trinajstić information content (AvgIpc) is 2.88. The zero-order valence-electron chi connectivity index (χ0n) is 26.3. The minimum atomic E-state index is -4.34. The first-order valence-electron chi connectivity index (χ1n) is 15.8. The first kappa shape index (κ1) is 39.0. The lowest BCUT2D eigenvalue weighted by Crippen LogP contribution is -2.37. The van der Waals surface area contributed by atoms with Crippen LogP contribution in [0.25, 0.3) is 0 Å². The fraction of sp³-hybridized carbons (Fsp3) is 0.933. The number of hydrogen-bond donors (Lipinski definition) is 1. The molecule has 0 fully saturated rings. The molecule has 0 saturated carbocycles. The molecular weight excluding hydrogens is 533 g/mol. The highest BCUT2D eigenvalue weighted by molar-refractivity contribution is 7.47. The van der Waals surface area contributed by atoms with Gasteiger partial charge in [0.05, 0.1) is 27.7 Å². The van der Waals surface area contributed by atoms with Gasteiger partial charge >= 0.3 is 19.8 Å². The van der Waals surface area contributed by atoms with E-state index >= 15 is 0 Å². The Hall–Kier alpha value is -0.990. The van der Waals surface area contributed by atoms with E-state index in [1.165, 1.54) is 64.2 Å². The van der Waals surface area contributed by atoms with Crippen molar-refractivity contribution < 1.29 is 42.1 Å². The summed E-state index contributed by atoms with van der Waals surface area (Å²) in [4.78, 5) is 34.7. The first-order chi connectivity index (χ1) is 19.0. The number of carbonyl (C=O) groups excluding carboxylic acids is 2. The Labute approximate surface area is 244 Å². The van der Waals surface area contributed by atoms with Crippen molar-refractivity contribution in [1.29, 1.82) is 0 Å². The van der Waals surface area contributed by atoms with E-state index in [4.69, 9.17) is 18.5 Å². The third kappa shape index (κ3) is 27.2. The first-order valence-corrected chi connectivity index (χ1v) is 17.3. The fourth-order valence-corrected chi connectivity index (χ4v) is 4.81. The zero-order chi connectivity index (χ0) is 30.1. The number of carbonyl (C=O) groups is 2. The van der Waals surface area contributed by atoms with Crippen LogP contribution in [-0.4, -0.2) is 74.9 Å². The van der Waals surface area contributed by atoms with Gasteiger partial charge in [-0.3, -0.25) is 18.6 Å². The predicted octanol–water partition coefficient (Wildman–Crippen LogP) is 7.34. The van der Waals surface area contributed by atoms with Gasteiger partial charge in [0.25, 0.3) is 0 Å². The van der Waals surface area contributed by atoms with E-state index in [2.05, 4.69) is 13.8 Å². The number of quaternary nitrogens is 1. The summed E-state index contributed by atoms with van der Waals surface area (Å²) in [6, 6.07) is 0. The number of likely N-dealkylation sites (N-methyl/N-ethyl adjacent to an activating group) is 1. The average molecular weight is 595 g/mol. The van der Waals surface area contributed by atoms with Crippen LogP contribution in [0.15, 0.2) is 0 Å². The normalized spacial score (nSPS) is 14.1. The van der Waals surface area contributed by atoms with Crippen molar-refractivity contribution in [3.8, 4) is 0 Å². The summed E-state index contributed by atoms with van der Waals surface area (Å²) in [5.74, 6) is -0.807. The van der Waals surface area contributed by atoms with Crippen molar-refractivity contribution in [3.05, 3.63) is 0 Å². The third-order valence-corrected chi connectivity index (χ3v) is 7.62. The summed E-state index contributed by atoms with van der Waals surface area (Å²) in [5.41, 5.74) is 0. The third-order valence-electron chi connectivity index (χ3n) is 6.64. The van der Waals surface area contributed by atoms with Gasteiger partial charge in [-0.15, -0.1) is 0 Å². The summed E-state index contributed by atoms with van der Waals surface area (Å²) in [7, 11) is 1.48. The summed E-state index contributed by atoms with van der Waals surface area (Å²) in [6.45, 7) is 4.32. The molecule has 0 aliphatic rings. The molecule has 0 spiro atoms. The van der Waals surface area contributed by atoms with Gasteiger partial charge in [-0.05, 0) is 12.8 Å². The molecule has 0 bridgehead atoms. The molecule has 0 aromatic rings. The van der Waals surface area contributed by atoms with Crippen molar-refractivity contribution >= 4 is 19.8 Å². The number of unbranched alkanes of at least 4 members (excludes halogenated alkanes) is 14. The monoisotopic (exact) mass is 594 g/mol. The lowest BCUT2D eigenvalue weighted by atomic mass is 10.1. The van der Waals surface area contributed by atoms with Gasteiger partial charge < -0.3 is 18.9 Å². The number of nitrogens with zero attached hydrogens (tertiary/aromatic N) is 1. The smallest absolute Gasteiger partial charge is 0.462 e. The van der Waals surface area contributed by atoms with Crippen molar-refractivity contribution in [1.82, 2.24) is 0 Å². The van der Waals surface area contributed by atoms with Gasteiger partial charge in [0, 0.05) is 12.8 Å². The van der Waals surface area contributed by atoms with Crippen molar-refractivity contribution in [2.45, 2.75) is 136 Å². The molecule has 2 atom stereocenters. The highest BCUT2D eigenvalue weighted by Gasteiger charge is 2.27. The van der Waals surface area contributed by atoms with Crippen LogP contribution in [0.4, 0.5) is 0 Å². The second kappa shape index (κ2) is 24.6. The molecule has 1 N–H and O–H groups in total. The molecule has 0 rings (SSSR count). The van der Waals surface area contributed by atoms with Gasteiger partial charge in [-0.2, -0.15) is 0 Å². The molecule has 1 unspecified atom stereocenters. The number of phosphoric ester groups is 1. The molecule has 0 amide bonds. The lowest BCUT2D eigenvalue weighted by molar-refractivity contribution is -0.870. The van der Waals surface area contributed by atoms with E-state index in [1.807, 2.05) is 21.1 Å². The minimum absolute atomic E-state index is 0.0355. The molecule has 0 heterocycles. The zero-order valence-corrected chi connectivity index (χ0v) is 27.2. The summed E-state index contributed by atoms with van der Waals surface area (Å²) in [6.07, 6.45) is 17.4. The van der Waals surface area contributed by atoms with Crippen molar-refractivity contribution in [3.63, 3.8) is 0 Å². The number of ether oxygens (including phenoxy) is 2. The highest BCUT2D eigenvalue weighted by Crippen LogP contribution is 2.43. The van der Waals surface area contributed by atoms with Gasteiger partial charge in [-0.25, -0.2) is 4.57 Å². The van der Waals surface area contributed by atoms with Crippen LogP contribution in [0.2, 0.25) is 0 Å². The molecule has 0 saturated heterocycles. The molecule has 0 aromatic carbocycles. The lowest BCUT2D eigenvalue weighted by Gasteiger charge is -2.24. The Bertz CT molecular complexity index is 683. The van der Waals surface area contributed by atoms with Crippen LogP contribution in [0.1, 0.15) is 129 Å². The Morgan fingerprint density at radius 1 is 0.675 bits per heavy atom. The van der Waals surface area contributed by atoms with E-state index in [-0.39, 0.29) is 25.6 Å². The predicted molar refractivity (Wildman–Crippen MR) is 160 cm³/mol. The molecule has 0 aliphatic heterocycles. The summed E-state index contributed by atoms with van der Waals surface area (Å²) < 4.78 is 33.8. The van der Waals surface area contributed by atoms with Gasteiger partial charge in [0.2, 0.25) is 0 Å². The van der Waals surface area contributed by atoms with E-state index in [0.717, 1.165) is 32.1 Å². The van der Waals surface area contributed by atoms with Crippen LogP contribution in [0, 0.1) is 0 Å². The Kier molecular flexibility index (Phi) is 24.0. The number of esters is 2. The largest absolute Gasteiger partial charge is 0.472 e. The van der Waals surface area contributed by atoms with Crippen LogP contribution in [0.5, 0.6) is 0 Å². The van der Waals surface area contributed by atoms with Gasteiger partial charge in [0.15, 0.2) is 6.10 Å². The molecule has 9 nitrogen and oxygen atoms in total. The van der Waals surface area contributed by atoms with Gasteiger partial charge in [0.1, 0.15) is 19.8 Å². The minimum Gasteiger partial charge on any atom is -0.462 e. The Balaban J connectivity index is 4.54. The maximum absolute atomic E-state index is 12.4. The second-order valence-corrected chi connectivity index (χ2v) is 13.3. The number of hydrogen-bond acceptors (Lipinski definition) is 7. The van der Waals surface area contributed by atoms with Crippen LogP contribution >= 0.6 is 7.82 Å². The molecule has 238 valence electrons. The summed E-state index contributed by atoms with van der Waals surface area (Å²) >= 11 is 0. The van der Waals surface area contributed by atoms with Gasteiger partial charge in [-0.1, -0.05) is 104 Å². The van der Waals surface area contributed by atoms with E-state index in [0.29, 0.717) is 23.9 Å². The molecule has 0 radical (unpaired) electrons.